The largest absolute Gasteiger partial charge is 0.342 e. The Labute approximate surface area is 131 Å². The summed E-state index contributed by atoms with van der Waals surface area (Å²) in [7, 11) is 0. The first kappa shape index (κ1) is 15.2. The lowest BCUT2D eigenvalue weighted by molar-refractivity contribution is -0.134. The third-order valence-corrected chi connectivity index (χ3v) is 3.79. The number of aryl methyl sites for hydroxylation is 1. The lowest BCUT2D eigenvalue weighted by Crippen LogP contribution is -2.52. The summed E-state index contributed by atoms with van der Waals surface area (Å²) in [5, 5.41) is 4.88. The molecular weight excluding hydrogens is 298 g/mol. The molecule has 1 saturated heterocycles. The zero-order chi connectivity index (χ0) is 16.6. The van der Waals surface area contributed by atoms with Crippen molar-refractivity contribution in [1.29, 1.82) is 0 Å². The number of carbonyl (C=O) groups excluding carboxylic acids is 3. The first-order chi connectivity index (χ1) is 11.0. The average Bonchev–Trinajstić information content (AvgIpc) is 2.88. The van der Waals surface area contributed by atoms with Crippen molar-refractivity contribution in [2.75, 3.05) is 0 Å². The second-order valence-corrected chi connectivity index (χ2v) is 5.54. The standard InChI is InChI=1S/C15H17N5O3/c1-7-17-11-5-8(6-16)4-9(13(11)18-7)14(22)19-10-2-3-12(21)20-15(10)23/h4-5,10H,2-3,6,16H2,1H3,(H,17,18)(H,19,22)(H,20,21,23). The maximum absolute atomic E-state index is 12.6. The molecule has 1 aromatic heterocycles. The molecule has 3 amide bonds. The van der Waals surface area contributed by atoms with Gasteiger partial charge in [0.15, 0.2) is 0 Å². The first-order valence-electron chi connectivity index (χ1n) is 7.32. The van der Waals surface area contributed by atoms with E-state index < -0.39 is 17.9 Å². The Hall–Kier alpha value is -2.74. The average molecular weight is 315 g/mol. The molecule has 0 radical (unpaired) electrons. The molecule has 1 aliphatic rings. The van der Waals surface area contributed by atoms with Gasteiger partial charge in [-0.2, -0.15) is 0 Å². The Morgan fingerprint density at radius 2 is 2.22 bits per heavy atom. The number of imidazole rings is 1. The number of imide groups is 1. The Morgan fingerprint density at radius 3 is 2.91 bits per heavy atom. The van der Waals surface area contributed by atoms with Crippen LogP contribution in [0.4, 0.5) is 0 Å². The zero-order valence-electron chi connectivity index (χ0n) is 12.6. The molecule has 1 atom stereocenters. The number of rotatable bonds is 3. The monoisotopic (exact) mass is 315 g/mol. The van der Waals surface area contributed by atoms with E-state index in [1.165, 1.54) is 0 Å². The predicted octanol–water partition coefficient (Wildman–Crippen LogP) is -0.135. The van der Waals surface area contributed by atoms with Crippen LogP contribution in [0.5, 0.6) is 0 Å². The van der Waals surface area contributed by atoms with Crippen LogP contribution in [0.25, 0.3) is 11.0 Å². The highest BCUT2D eigenvalue weighted by atomic mass is 16.2. The van der Waals surface area contributed by atoms with E-state index in [0.29, 0.717) is 16.9 Å². The van der Waals surface area contributed by atoms with E-state index in [9.17, 15) is 14.4 Å². The molecule has 1 fully saturated rings. The van der Waals surface area contributed by atoms with Gasteiger partial charge in [-0.25, -0.2) is 4.98 Å². The summed E-state index contributed by atoms with van der Waals surface area (Å²) in [6.45, 7) is 2.08. The van der Waals surface area contributed by atoms with Gasteiger partial charge in [0.05, 0.1) is 11.1 Å². The Kier molecular flexibility index (Phi) is 3.83. The highest BCUT2D eigenvalue weighted by Crippen LogP contribution is 2.20. The molecule has 8 nitrogen and oxygen atoms in total. The van der Waals surface area contributed by atoms with Gasteiger partial charge in [-0.05, 0) is 31.0 Å². The Balaban J connectivity index is 1.91. The minimum absolute atomic E-state index is 0.205. The fourth-order valence-corrected chi connectivity index (χ4v) is 2.66. The summed E-state index contributed by atoms with van der Waals surface area (Å²) in [4.78, 5) is 42.9. The second-order valence-electron chi connectivity index (χ2n) is 5.54. The second kappa shape index (κ2) is 5.81. The van der Waals surface area contributed by atoms with Crippen molar-refractivity contribution in [1.82, 2.24) is 20.6 Å². The number of piperidine rings is 1. The molecule has 0 saturated carbocycles. The number of aromatic nitrogens is 2. The number of aromatic amines is 1. The number of hydrogen-bond donors (Lipinski definition) is 4. The van der Waals surface area contributed by atoms with Gasteiger partial charge in [-0.1, -0.05) is 0 Å². The van der Waals surface area contributed by atoms with E-state index in [1.54, 1.807) is 13.0 Å². The van der Waals surface area contributed by atoms with Crippen molar-refractivity contribution in [3.8, 4) is 0 Å². The molecule has 120 valence electrons. The smallest absolute Gasteiger partial charge is 0.254 e. The quantitative estimate of drug-likeness (QED) is 0.586. The maximum atomic E-state index is 12.6. The summed E-state index contributed by atoms with van der Waals surface area (Å²) < 4.78 is 0. The van der Waals surface area contributed by atoms with Crippen LogP contribution in [0.15, 0.2) is 12.1 Å². The van der Waals surface area contributed by atoms with Crippen LogP contribution in [0.2, 0.25) is 0 Å². The van der Waals surface area contributed by atoms with Gasteiger partial charge in [0.1, 0.15) is 17.4 Å². The molecule has 0 spiro atoms. The van der Waals surface area contributed by atoms with Crippen LogP contribution in [0.1, 0.15) is 34.6 Å². The van der Waals surface area contributed by atoms with Crippen molar-refractivity contribution >= 4 is 28.8 Å². The SMILES string of the molecule is Cc1nc2c(C(=O)NC3CCC(=O)NC3=O)cc(CN)cc2[nH]1. The molecule has 1 aliphatic heterocycles. The fourth-order valence-electron chi connectivity index (χ4n) is 2.66. The lowest BCUT2D eigenvalue weighted by atomic mass is 10.0. The topological polar surface area (TPSA) is 130 Å². The van der Waals surface area contributed by atoms with Gasteiger partial charge in [0.25, 0.3) is 5.91 Å². The summed E-state index contributed by atoms with van der Waals surface area (Å²) in [6.07, 6.45) is 0.492. The predicted molar refractivity (Wildman–Crippen MR) is 82.4 cm³/mol. The van der Waals surface area contributed by atoms with Crippen molar-refractivity contribution < 1.29 is 14.4 Å². The van der Waals surface area contributed by atoms with Gasteiger partial charge in [-0.3, -0.25) is 19.7 Å². The summed E-state index contributed by atoms with van der Waals surface area (Å²) in [5.74, 6) is -0.537. The number of hydrogen-bond acceptors (Lipinski definition) is 5. The molecule has 1 aromatic carbocycles. The van der Waals surface area contributed by atoms with Gasteiger partial charge < -0.3 is 16.0 Å². The molecule has 0 aliphatic carbocycles. The fraction of sp³-hybridized carbons (Fsp3) is 0.333. The van der Waals surface area contributed by atoms with E-state index in [0.717, 1.165) is 11.1 Å². The number of nitrogens with zero attached hydrogens (tertiary/aromatic N) is 1. The van der Waals surface area contributed by atoms with E-state index in [2.05, 4.69) is 20.6 Å². The third kappa shape index (κ3) is 2.93. The minimum atomic E-state index is -0.725. The summed E-state index contributed by atoms with van der Waals surface area (Å²) >= 11 is 0. The molecule has 0 bridgehead atoms. The van der Waals surface area contributed by atoms with Crippen LogP contribution in [-0.4, -0.2) is 33.7 Å². The number of nitrogens with two attached hydrogens (primary N) is 1. The molecular formula is C15H17N5O3. The van der Waals surface area contributed by atoms with Gasteiger partial charge in [-0.15, -0.1) is 0 Å². The molecule has 2 aromatic rings. The third-order valence-electron chi connectivity index (χ3n) is 3.79. The first-order valence-corrected chi connectivity index (χ1v) is 7.32. The van der Waals surface area contributed by atoms with Crippen LogP contribution in [-0.2, 0) is 16.1 Å². The number of fused-ring (bicyclic) bond motifs is 1. The van der Waals surface area contributed by atoms with Crippen LogP contribution in [0.3, 0.4) is 0 Å². The van der Waals surface area contributed by atoms with E-state index in [-0.39, 0.29) is 25.3 Å². The highest BCUT2D eigenvalue weighted by Gasteiger charge is 2.28. The van der Waals surface area contributed by atoms with E-state index in [1.807, 2.05) is 6.07 Å². The Bertz CT molecular complexity index is 811. The zero-order valence-corrected chi connectivity index (χ0v) is 12.6. The molecule has 5 N–H and O–H groups in total. The maximum Gasteiger partial charge on any atom is 0.254 e. The van der Waals surface area contributed by atoms with Crippen LogP contribution >= 0.6 is 0 Å². The summed E-state index contributed by atoms with van der Waals surface area (Å²) in [5.41, 5.74) is 8.07. The normalized spacial score (nSPS) is 18.1. The number of carbonyl (C=O) groups is 3. The van der Waals surface area contributed by atoms with E-state index in [4.69, 9.17) is 5.73 Å². The molecule has 3 rings (SSSR count). The van der Waals surface area contributed by atoms with Gasteiger partial charge >= 0.3 is 0 Å². The van der Waals surface area contributed by atoms with Gasteiger partial charge in [0.2, 0.25) is 11.8 Å². The number of H-pyrrole nitrogens is 1. The van der Waals surface area contributed by atoms with Crippen LogP contribution < -0.4 is 16.4 Å². The lowest BCUT2D eigenvalue weighted by Gasteiger charge is -2.22. The van der Waals surface area contributed by atoms with Crippen molar-refractivity contribution in [3.63, 3.8) is 0 Å². The number of amides is 3. The molecule has 23 heavy (non-hydrogen) atoms. The minimum Gasteiger partial charge on any atom is -0.342 e. The molecule has 2 heterocycles. The Morgan fingerprint density at radius 1 is 1.43 bits per heavy atom. The van der Waals surface area contributed by atoms with Crippen LogP contribution in [0, 0.1) is 6.92 Å². The van der Waals surface area contributed by atoms with Crippen molar-refractivity contribution in [2.24, 2.45) is 5.73 Å². The number of benzene rings is 1. The van der Waals surface area contributed by atoms with E-state index >= 15 is 0 Å². The summed E-state index contributed by atoms with van der Waals surface area (Å²) in [6, 6.07) is 2.79. The van der Waals surface area contributed by atoms with Crippen molar-refractivity contribution in [2.45, 2.75) is 32.4 Å². The molecule has 1 unspecified atom stereocenters. The highest BCUT2D eigenvalue weighted by molar-refractivity contribution is 6.08. The van der Waals surface area contributed by atoms with Crippen molar-refractivity contribution in [3.05, 3.63) is 29.1 Å². The van der Waals surface area contributed by atoms with Gasteiger partial charge in [0, 0.05) is 13.0 Å². The number of nitrogens with one attached hydrogen (secondary N) is 3. The molecule has 8 heteroatoms.